The highest BCUT2D eigenvalue weighted by atomic mass is 32.2. The summed E-state index contributed by atoms with van der Waals surface area (Å²) in [5.41, 5.74) is 0. The second kappa shape index (κ2) is 4.64. The summed E-state index contributed by atoms with van der Waals surface area (Å²) in [6.45, 7) is 9.02. The van der Waals surface area contributed by atoms with Crippen molar-refractivity contribution in [1.29, 1.82) is 0 Å². The van der Waals surface area contributed by atoms with E-state index in [1.54, 1.807) is 0 Å². The lowest BCUT2D eigenvalue weighted by Crippen LogP contribution is -2.55. The van der Waals surface area contributed by atoms with Gasteiger partial charge in [-0.05, 0) is 0 Å². The normalized spacial score (nSPS) is 27.5. The molecule has 2 fully saturated rings. The Morgan fingerprint density at radius 3 is 2.38 bits per heavy atom. The molecule has 0 aromatic carbocycles. The van der Waals surface area contributed by atoms with E-state index in [0.29, 0.717) is 0 Å². The zero-order valence-electron chi connectivity index (χ0n) is 8.24. The highest BCUT2D eigenvalue weighted by Crippen LogP contribution is 2.17. The maximum atomic E-state index is 5.20. The highest BCUT2D eigenvalue weighted by molar-refractivity contribution is 7.96. The minimum Gasteiger partial charge on any atom is -0.378 e. The lowest BCUT2D eigenvalue weighted by Gasteiger charge is -2.42. The van der Waals surface area contributed by atoms with Gasteiger partial charge in [0, 0.05) is 31.9 Å². The third-order valence-electron chi connectivity index (χ3n) is 2.72. The van der Waals surface area contributed by atoms with E-state index < -0.39 is 0 Å². The monoisotopic (exact) mass is 202 g/mol. The first kappa shape index (κ1) is 9.77. The van der Waals surface area contributed by atoms with Gasteiger partial charge in [0.15, 0.2) is 0 Å². The molecule has 2 saturated heterocycles. The van der Waals surface area contributed by atoms with Crippen molar-refractivity contribution in [2.45, 2.75) is 13.0 Å². The summed E-state index contributed by atoms with van der Waals surface area (Å²) in [5.74, 6) is 1.20. The molecule has 0 amide bonds. The molecule has 0 N–H and O–H groups in total. The van der Waals surface area contributed by atoms with Crippen molar-refractivity contribution in [3.63, 3.8) is 0 Å². The first-order valence-corrected chi connectivity index (χ1v) is 6.04. The van der Waals surface area contributed by atoms with Crippen LogP contribution in [0.4, 0.5) is 0 Å². The number of nitrogens with zero attached hydrogens (tertiary/aromatic N) is 2. The maximum absolute atomic E-state index is 5.20. The van der Waals surface area contributed by atoms with E-state index in [0.717, 1.165) is 19.3 Å². The third kappa shape index (κ3) is 2.37. The van der Waals surface area contributed by atoms with E-state index in [1.807, 2.05) is 11.9 Å². The predicted molar refractivity (Wildman–Crippen MR) is 55.9 cm³/mol. The number of hydrogen-bond donors (Lipinski definition) is 0. The summed E-state index contributed by atoms with van der Waals surface area (Å²) in [5, 5.41) is 0. The minimum absolute atomic E-state index is 0.730. The van der Waals surface area contributed by atoms with Gasteiger partial charge >= 0.3 is 0 Å². The quantitative estimate of drug-likeness (QED) is 0.625. The first-order chi connectivity index (χ1) is 6.40. The topological polar surface area (TPSA) is 15.7 Å². The summed E-state index contributed by atoms with van der Waals surface area (Å²) in [6.07, 6.45) is 0. The molecule has 76 valence electrons. The van der Waals surface area contributed by atoms with Crippen molar-refractivity contribution < 1.29 is 4.74 Å². The van der Waals surface area contributed by atoms with E-state index in [-0.39, 0.29) is 0 Å². The van der Waals surface area contributed by atoms with Crippen LogP contribution in [0, 0.1) is 0 Å². The molecule has 0 radical (unpaired) electrons. The van der Waals surface area contributed by atoms with Gasteiger partial charge < -0.3 is 4.74 Å². The third-order valence-corrected chi connectivity index (χ3v) is 3.71. The molecule has 2 aliphatic rings. The Hall–Kier alpha value is 0.230. The molecule has 3 nitrogen and oxygen atoms in total. The van der Waals surface area contributed by atoms with Gasteiger partial charge in [0.1, 0.15) is 0 Å². The van der Waals surface area contributed by atoms with Crippen LogP contribution in [-0.4, -0.2) is 60.4 Å². The van der Waals surface area contributed by atoms with Crippen LogP contribution in [0.5, 0.6) is 0 Å². The molecule has 0 bridgehead atoms. The second-order valence-corrected chi connectivity index (χ2v) is 4.93. The molecule has 0 aromatic heterocycles. The van der Waals surface area contributed by atoms with Gasteiger partial charge in [-0.1, -0.05) is 18.9 Å². The average Bonchev–Trinajstić information content (AvgIpc) is 2.06. The lowest BCUT2D eigenvalue weighted by atomic mass is 10.2. The number of rotatable bonds is 3. The van der Waals surface area contributed by atoms with Gasteiger partial charge in [-0.25, -0.2) is 4.31 Å². The summed E-state index contributed by atoms with van der Waals surface area (Å²) < 4.78 is 7.68. The fourth-order valence-corrected chi connectivity index (χ4v) is 2.60. The van der Waals surface area contributed by atoms with E-state index in [2.05, 4.69) is 16.1 Å². The molecule has 0 saturated carbocycles. The smallest absolute Gasteiger partial charge is 0.0645 e. The van der Waals surface area contributed by atoms with Gasteiger partial charge in [0.05, 0.1) is 19.3 Å². The molecule has 0 spiro atoms. The fourth-order valence-electron chi connectivity index (χ4n) is 1.81. The largest absolute Gasteiger partial charge is 0.378 e. The van der Waals surface area contributed by atoms with E-state index >= 15 is 0 Å². The van der Waals surface area contributed by atoms with Crippen LogP contribution in [0.1, 0.15) is 6.92 Å². The molecule has 13 heavy (non-hydrogen) atoms. The zero-order valence-corrected chi connectivity index (χ0v) is 9.05. The average molecular weight is 202 g/mol. The standard InChI is InChI=1S/C9H18N2OS/c1-2-13-11-5-3-10(4-6-11)9-7-12-8-9/h9H,2-8H2,1H3. The predicted octanol–water partition coefficient (Wildman–Crippen LogP) is 0.671. The number of hydrogen-bond acceptors (Lipinski definition) is 4. The van der Waals surface area contributed by atoms with Gasteiger partial charge in [-0.3, -0.25) is 4.90 Å². The van der Waals surface area contributed by atoms with Gasteiger partial charge in [-0.2, -0.15) is 0 Å². The molecule has 0 unspecified atom stereocenters. The number of ether oxygens (including phenoxy) is 1. The van der Waals surface area contributed by atoms with Gasteiger partial charge in [0.2, 0.25) is 0 Å². The Balaban J connectivity index is 1.69. The Labute approximate surface area is 84.5 Å². The van der Waals surface area contributed by atoms with Crippen LogP contribution in [0.25, 0.3) is 0 Å². The van der Waals surface area contributed by atoms with Crippen molar-refractivity contribution in [1.82, 2.24) is 9.21 Å². The second-order valence-electron chi connectivity index (χ2n) is 3.57. The SMILES string of the molecule is CCSN1CCN(C2COC2)CC1. The van der Waals surface area contributed by atoms with Gasteiger partial charge in [0.25, 0.3) is 0 Å². The van der Waals surface area contributed by atoms with Crippen molar-refractivity contribution in [2.24, 2.45) is 0 Å². The van der Waals surface area contributed by atoms with Crippen LogP contribution in [0.15, 0.2) is 0 Å². The van der Waals surface area contributed by atoms with E-state index in [9.17, 15) is 0 Å². The molecule has 2 heterocycles. The molecular weight excluding hydrogens is 184 g/mol. The summed E-state index contributed by atoms with van der Waals surface area (Å²) >= 11 is 1.97. The van der Waals surface area contributed by atoms with Crippen molar-refractivity contribution in [2.75, 3.05) is 45.1 Å². The van der Waals surface area contributed by atoms with Crippen LogP contribution in [0.3, 0.4) is 0 Å². The Kier molecular flexibility index (Phi) is 3.49. The summed E-state index contributed by atoms with van der Waals surface area (Å²) in [7, 11) is 0. The molecule has 0 atom stereocenters. The fraction of sp³-hybridized carbons (Fsp3) is 1.00. The maximum Gasteiger partial charge on any atom is 0.0645 e. The highest BCUT2D eigenvalue weighted by Gasteiger charge is 2.28. The Morgan fingerprint density at radius 2 is 1.92 bits per heavy atom. The summed E-state index contributed by atoms with van der Waals surface area (Å²) in [4.78, 5) is 2.57. The van der Waals surface area contributed by atoms with Crippen LogP contribution < -0.4 is 0 Å². The van der Waals surface area contributed by atoms with E-state index in [4.69, 9.17) is 4.74 Å². The molecule has 2 rings (SSSR count). The number of piperazine rings is 1. The van der Waals surface area contributed by atoms with Gasteiger partial charge in [-0.15, -0.1) is 0 Å². The molecular formula is C9H18N2OS. The molecule has 2 aliphatic heterocycles. The van der Waals surface area contributed by atoms with E-state index in [1.165, 1.54) is 31.9 Å². The zero-order chi connectivity index (χ0) is 9.10. The van der Waals surface area contributed by atoms with Crippen LogP contribution in [0.2, 0.25) is 0 Å². The van der Waals surface area contributed by atoms with Crippen molar-refractivity contribution in [3.8, 4) is 0 Å². The molecule has 0 aromatic rings. The first-order valence-electron chi connectivity index (χ1n) is 5.10. The van der Waals surface area contributed by atoms with Crippen molar-refractivity contribution >= 4 is 11.9 Å². The Bertz CT molecular complexity index is 156. The Morgan fingerprint density at radius 1 is 1.23 bits per heavy atom. The lowest BCUT2D eigenvalue weighted by molar-refractivity contribution is -0.0717. The van der Waals surface area contributed by atoms with Crippen molar-refractivity contribution in [3.05, 3.63) is 0 Å². The molecule has 0 aliphatic carbocycles. The molecule has 4 heteroatoms. The van der Waals surface area contributed by atoms with Crippen LogP contribution in [-0.2, 0) is 4.74 Å². The van der Waals surface area contributed by atoms with Crippen LogP contribution >= 0.6 is 11.9 Å². The minimum atomic E-state index is 0.730. The summed E-state index contributed by atoms with van der Waals surface area (Å²) in [6, 6.07) is 0.730.